The average molecular weight is 460 g/mol. The van der Waals surface area contributed by atoms with E-state index < -0.39 is 11.2 Å². The lowest BCUT2D eigenvalue weighted by Gasteiger charge is -2.18. The molecule has 2 aromatic heterocycles. The molecule has 0 unspecified atom stereocenters. The highest BCUT2D eigenvalue weighted by atomic mass is 35.5. The van der Waals surface area contributed by atoms with Crippen LogP contribution in [0, 0.1) is 11.3 Å². The standard InChI is InChI=1S/C20H15Cl2N5O4/c1-20(2)4-3-11-14(20)17(29)25-26-18(11)31-15-12(21)5-10(6-13(15)22)27-8-9(7-23)16(28)24-19(27)30/h5-6,8H,3-4H2,1-2H3,(H,25,29)(H,24,28,30). The molecule has 1 aromatic carbocycles. The average Bonchev–Trinajstić information content (AvgIpc) is 3.02. The number of halogens is 2. The summed E-state index contributed by atoms with van der Waals surface area (Å²) in [7, 11) is 0. The van der Waals surface area contributed by atoms with E-state index in [1.165, 1.54) is 12.1 Å². The van der Waals surface area contributed by atoms with Crippen molar-refractivity contribution in [2.24, 2.45) is 0 Å². The summed E-state index contributed by atoms with van der Waals surface area (Å²) in [4.78, 5) is 38.1. The molecular formula is C20H15Cl2N5O4. The first-order valence-electron chi connectivity index (χ1n) is 9.18. The van der Waals surface area contributed by atoms with Gasteiger partial charge in [-0.3, -0.25) is 19.1 Å². The third-order valence-corrected chi connectivity index (χ3v) is 5.81. The van der Waals surface area contributed by atoms with Gasteiger partial charge in [0.25, 0.3) is 11.1 Å². The SMILES string of the molecule is CC1(C)CCc2c(Oc3c(Cl)cc(-n4cc(C#N)c(=O)[nH]c4=O)cc3Cl)n[nH]c(=O)c21. The molecule has 0 fully saturated rings. The fraction of sp³-hybridized carbons (Fsp3) is 0.250. The van der Waals surface area contributed by atoms with Gasteiger partial charge in [-0.15, -0.1) is 5.10 Å². The molecule has 2 heterocycles. The van der Waals surface area contributed by atoms with Gasteiger partial charge in [-0.1, -0.05) is 37.0 Å². The minimum atomic E-state index is -0.790. The summed E-state index contributed by atoms with van der Waals surface area (Å²) >= 11 is 12.7. The van der Waals surface area contributed by atoms with Crippen molar-refractivity contribution in [1.29, 1.82) is 5.26 Å². The van der Waals surface area contributed by atoms with Crippen molar-refractivity contribution < 1.29 is 4.74 Å². The topological polar surface area (TPSA) is 134 Å². The molecule has 0 radical (unpaired) electrons. The zero-order chi connectivity index (χ0) is 22.5. The summed E-state index contributed by atoms with van der Waals surface area (Å²) in [6.45, 7) is 3.95. The van der Waals surface area contributed by atoms with Crippen molar-refractivity contribution in [1.82, 2.24) is 19.7 Å². The summed E-state index contributed by atoms with van der Waals surface area (Å²) in [5.74, 6) is 0.293. The van der Waals surface area contributed by atoms with Crippen molar-refractivity contribution in [3.8, 4) is 23.4 Å². The summed E-state index contributed by atoms with van der Waals surface area (Å²) in [6.07, 6.45) is 2.48. The Morgan fingerprint density at radius 1 is 1.19 bits per heavy atom. The largest absolute Gasteiger partial charge is 0.434 e. The van der Waals surface area contributed by atoms with Crippen molar-refractivity contribution in [3.63, 3.8) is 0 Å². The minimum absolute atomic E-state index is 0.0677. The molecule has 0 amide bonds. The van der Waals surface area contributed by atoms with Crippen LogP contribution in [0.3, 0.4) is 0 Å². The molecule has 1 aliphatic rings. The Hall–Kier alpha value is -3.35. The van der Waals surface area contributed by atoms with Crippen LogP contribution in [0.2, 0.25) is 10.0 Å². The highest BCUT2D eigenvalue weighted by Gasteiger charge is 2.36. The van der Waals surface area contributed by atoms with Crippen LogP contribution in [0.15, 0.2) is 32.7 Å². The molecule has 0 atom stereocenters. The lowest BCUT2D eigenvalue weighted by atomic mass is 9.88. The van der Waals surface area contributed by atoms with Gasteiger partial charge < -0.3 is 4.74 Å². The first-order valence-corrected chi connectivity index (χ1v) is 9.93. The van der Waals surface area contributed by atoms with Gasteiger partial charge in [-0.05, 0) is 30.4 Å². The number of aromatic nitrogens is 4. The van der Waals surface area contributed by atoms with E-state index in [-0.39, 0.29) is 43.9 Å². The monoisotopic (exact) mass is 459 g/mol. The van der Waals surface area contributed by atoms with Gasteiger partial charge in [-0.2, -0.15) is 5.26 Å². The Kier molecular flexibility index (Phi) is 5.00. The van der Waals surface area contributed by atoms with Gasteiger partial charge in [-0.25, -0.2) is 9.89 Å². The van der Waals surface area contributed by atoms with Crippen LogP contribution >= 0.6 is 23.2 Å². The number of fused-ring (bicyclic) bond motifs is 1. The van der Waals surface area contributed by atoms with Crippen LogP contribution in [0.4, 0.5) is 0 Å². The van der Waals surface area contributed by atoms with Crippen LogP contribution in [-0.4, -0.2) is 19.7 Å². The number of hydrogen-bond donors (Lipinski definition) is 2. The predicted molar refractivity (Wildman–Crippen MR) is 114 cm³/mol. The Morgan fingerprint density at radius 2 is 1.87 bits per heavy atom. The van der Waals surface area contributed by atoms with Gasteiger partial charge >= 0.3 is 5.69 Å². The lowest BCUT2D eigenvalue weighted by Crippen LogP contribution is -2.30. The molecule has 158 valence electrons. The number of aromatic amines is 2. The third-order valence-electron chi connectivity index (χ3n) is 5.25. The molecule has 0 saturated heterocycles. The molecule has 2 N–H and O–H groups in total. The lowest BCUT2D eigenvalue weighted by molar-refractivity contribution is 0.448. The first kappa shape index (κ1) is 20.9. The molecule has 0 saturated carbocycles. The van der Waals surface area contributed by atoms with Crippen molar-refractivity contribution >= 4 is 23.2 Å². The highest BCUT2D eigenvalue weighted by molar-refractivity contribution is 6.37. The number of H-pyrrole nitrogens is 2. The van der Waals surface area contributed by atoms with Gasteiger partial charge in [0.15, 0.2) is 5.75 Å². The molecule has 3 aromatic rings. The van der Waals surface area contributed by atoms with Gasteiger partial charge in [0.05, 0.1) is 15.7 Å². The molecule has 1 aliphatic carbocycles. The van der Waals surface area contributed by atoms with E-state index in [9.17, 15) is 14.4 Å². The molecule has 11 heteroatoms. The van der Waals surface area contributed by atoms with Crippen LogP contribution in [-0.2, 0) is 11.8 Å². The van der Waals surface area contributed by atoms with E-state index in [1.807, 2.05) is 13.8 Å². The molecule has 31 heavy (non-hydrogen) atoms. The van der Waals surface area contributed by atoms with Crippen molar-refractivity contribution in [3.05, 3.63) is 76.3 Å². The van der Waals surface area contributed by atoms with E-state index in [1.54, 1.807) is 6.07 Å². The smallest absolute Gasteiger partial charge is 0.332 e. The van der Waals surface area contributed by atoms with Gasteiger partial charge in [0, 0.05) is 17.3 Å². The van der Waals surface area contributed by atoms with Crippen LogP contribution < -0.4 is 21.5 Å². The third kappa shape index (κ3) is 3.54. The van der Waals surface area contributed by atoms with E-state index >= 15 is 0 Å². The fourth-order valence-corrected chi connectivity index (χ4v) is 4.24. The number of nitrogens with one attached hydrogen (secondary N) is 2. The number of hydrogen-bond acceptors (Lipinski definition) is 6. The van der Waals surface area contributed by atoms with Gasteiger partial charge in [0.1, 0.15) is 11.6 Å². The van der Waals surface area contributed by atoms with E-state index in [0.29, 0.717) is 17.5 Å². The Bertz CT molecular complexity index is 1420. The van der Waals surface area contributed by atoms with E-state index in [4.69, 9.17) is 33.2 Å². The summed E-state index contributed by atoms with van der Waals surface area (Å²) in [5, 5.41) is 15.6. The van der Waals surface area contributed by atoms with Crippen LogP contribution in [0.25, 0.3) is 5.69 Å². The minimum Gasteiger partial charge on any atom is -0.434 e. The van der Waals surface area contributed by atoms with E-state index in [2.05, 4.69) is 15.2 Å². The number of benzene rings is 1. The second kappa shape index (κ2) is 7.41. The molecule has 4 rings (SSSR count). The Balaban J connectivity index is 1.79. The van der Waals surface area contributed by atoms with Crippen molar-refractivity contribution in [2.75, 3.05) is 0 Å². The second-order valence-corrected chi connectivity index (χ2v) is 8.53. The quantitative estimate of drug-likeness (QED) is 0.618. The molecule has 9 nitrogen and oxygen atoms in total. The highest BCUT2D eigenvalue weighted by Crippen LogP contribution is 2.43. The molecular weight excluding hydrogens is 445 g/mol. The van der Waals surface area contributed by atoms with Crippen LogP contribution in [0.1, 0.15) is 37.0 Å². The Labute approximate surface area is 184 Å². The number of nitrogens with zero attached hydrogens (tertiary/aromatic N) is 3. The Morgan fingerprint density at radius 3 is 2.52 bits per heavy atom. The maximum atomic E-state index is 12.3. The summed E-state index contributed by atoms with van der Waals surface area (Å²) in [6, 6.07) is 4.51. The summed E-state index contributed by atoms with van der Waals surface area (Å²) < 4.78 is 6.92. The number of nitriles is 1. The number of rotatable bonds is 3. The molecule has 0 spiro atoms. The molecule has 0 bridgehead atoms. The number of ether oxygens (including phenoxy) is 1. The zero-order valence-corrected chi connectivity index (χ0v) is 17.9. The predicted octanol–water partition coefficient (Wildman–Crippen LogP) is 2.80. The second-order valence-electron chi connectivity index (χ2n) is 7.72. The summed E-state index contributed by atoms with van der Waals surface area (Å²) in [5.41, 5.74) is -0.836. The maximum absolute atomic E-state index is 12.3. The van der Waals surface area contributed by atoms with Crippen LogP contribution in [0.5, 0.6) is 11.6 Å². The van der Waals surface area contributed by atoms with Gasteiger partial charge in [0.2, 0.25) is 5.88 Å². The molecule has 0 aliphatic heterocycles. The van der Waals surface area contributed by atoms with E-state index in [0.717, 1.165) is 17.2 Å². The fourth-order valence-electron chi connectivity index (χ4n) is 3.69. The van der Waals surface area contributed by atoms with Crippen molar-refractivity contribution in [2.45, 2.75) is 32.1 Å². The first-order chi connectivity index (χ1) is 14.6. The normalized spacial score (nSPS) is 14.2. The maximum Gasteiger partial charge on any atom is 0.332 e. The zero-order valence-electron chi connectivity index (χ0n) is 16.4.